The molecule has 0 aliphatic carbocycles. The summed E-state index contributed by atoms with van der Waals surface area (Å²) in [6.07, 6.45) is 1.51. The van der Waals surface area contributed by atoms with E-state index in [4.69, 9.17) is 5.11 Å². The Labute approximate surface area is 137 Å². The zero-order valence-corrected chi connectivity index (χ0v) is 12.6. The molecule has 5 nitrogen and oxygen atoms in total. The number of hydrogen-bond donors (Lipinski definition) is 2. The molecule has 0 saturated heterocycles. The van der Waals surface area contributed by atoms with Crippen LogP contribution < -0.4 is 0 Å². The van der Waals surface area contributed by atoms with Crippen LogP contribution in [0.15, 0.2) is 66.9 Å². The molecular formula is C19H13N3O2. The smallest absolute Gasteiger partial charge is 0.335 e. The van der Waals surface area contributed by atoms with Crippen LogP contribution in [0.2, 0.25) is 0 Å². The molecule has 2 heterocycles. The summed E-state index contributed by atoms with van der Waals surface area (Å²) in [6, 6.07) is 18.6. The lowest BCUT2D eigenvalue weighted by Gasteiger charge is -2.03. The molecule has 0 amide bonds. The molecule has 0 atom stereocenters. The molecule has 2 aromatic heterocycles. The number of carbonyl (C=O) groups is 1. The highest BCUT2D eigenvalue weighted by atomic mass is 16.4. The summed E-state index contributed by atoms with van der Waals surface area (Å²) in [5, 5.41) is 9.08. The molecule has 0 unspecified atom stereocenters. The summed E-state index contributed by atoms with van der Waals surface area (Å²) in [7, 11) is 0. The standard InChI is InChI=1S/C19H13N3O2/c23-19(24)14-9-10-20-17(11-14)12-5-7-13(8-6-12)18-21-15-3-1-2-4-16(15)22-18/h1-11H,(H,21,22)(H,23,24). The second-order valence-corrected chi connectivity index (χ2v) is 5.41. The highest BCUT2D eigenvalue weighted by molar-refractivity contribution is 5.89. The highest BCUT2D eigenvalue weighted by Gasteiger charge is 2.08. The number of aromatic amines is 1. The van der Waals surface area contributed by atoms with Crippen LogP contribution in [0.5, 0.6) is 0 Å². The van der Waals surface area contributed by atoms with Crippen LogP contribution in [0.4, 0.5) is 0 Å². The van der Waals surface area contributed by atoms with E-state index in [1.165, 1.54) is 12.3 Å². The first-order chi connectivity index (χ1) is 11.7. The van der Waals surface area contributed by atoms with Crippen LogP contribution in [-0.2, 0) is 0 Å². The van der Waals surface area contributed by atoms with Gasteiger partial charge in [0.05, 0.1) is 22.3 Å². The minimum absolute atomic E-state index is 0.223. The van der Waals surface area contributed by atoms with Gasteiger partial charge in [0.2, 0.25) is 0 Å². The number of rotatable bonds is 3. The Hall–Kier alpha value is -3.47. The number of aromatic carboxylic acids is 1. The average Bonchev–Trinajstić information content (AvgIpc) is 3.06. The third-order valence-corrected chi connectivity index (χ3v) is 3.85. The van der Waals surface area contributed by atoms with E-state index in [1.54, 1.807) is 6.07 Å². The van der Waals surface area contributed by atoms with Crippen LogP contribution in [0.3, 0.4) is 0 Å². The van der Waals surface area contributed by atoms with Gasteiger partial charge in [0.15, 0.2) is 0 Å². The van der Waals surface area contributed by atoms with Crippen molar-refractivity contribution < 1.29 is 9.90 Å². The van der Waals surface area contributed by atoms with E-state index < -0.39 is 5.97 Å². The van der Waals surface area contributed by atoms with Crippen molar-refractivity contribution in [3.8, 4) is 22.6 Å². The van der Waals surface area contributed by atoms with Crippen molar-refractivity contribution >= 4 is 17.0 Å². The Kier molecular flexibility index (Phi) is 3.31. The van der Waals surface area contributed by atoms with Gasteiger partial charge in [-0.1, -0.05) is 36.4 Å². The fourth-order valence-corrected chi connectivity index (χ4v) is 2.61. The summed E-state index contributed by atoms with van der Waals surface area (Å²) in [5.74, 6) is -0.160. The molecule has 4 rings (SSSR count). The monoisotopic (exact) mass is 315 g/mol. The van der Waals surface area contributed by atoms with Gasteiger partial charge in [0, 0.05) is 17.3 Å². The molecule has 2 aromatic carbocycles. The number of carboxylic acids is 1. The zero-order chi connectivity index (χ0) is 16.5. The Morgan fingerprint density at radius 3 is 2.46 bits per heavy atom. The second kappa shape index (κ2) is 5.62. The molecule has 0 aliphatic rings. The molecule has 24 heavy (non-hydrogen) atoms. The van der Waals surface area contributed by atoms with Crippen molar-refractivity contribution in [3.63, 3.8) is 0 Å². The number of pyridine rings is 1. The second-order valence-electron chi connectivity index (χ2n) is 5.41. The van der Waals surface area contributed by atoms with Crippen LogP contribution in [0, 0.1) is 0 Å². The minimum atomic E-state index is -0.961. The minimum Gasteiger partial charge on any atom is -0.478 e. The molecule has 0 spiro atoms. The molecule has 0 radical (unpaired) electrons. The van der Waals surface area contributed by atoms with Gasteiger partial charge in [-0.25, -0.2) is 9.78 Å². The Morgan fingerprint density at radius 1 is 0.958 bits per heavy atom. The molecular weight excluding hydrogens is 302 g/mol. The number of benzene rings is 2. The number of aromatic nitrogens is 3. The van der Waals surface area contributed by atoms with Gasteiger partial charge in [-0.2, -0.15) is 0 Å². The molecule has 0 fully saturated rings. The van der Waals surface area contributed by atoms with E-state index in [1.807, 2.05) is 48.5 Å². The van der Waals surface area contributed by atoms with Crippen LogP contribution in [-0.4, -0.2) is 26.0 Å². The van der Waals surface area contributed by atoms with E-state index >= 15 is 0 Å². The fraction of sp³-hybridized carbons (Fsp3) is 0. The first-order valence-corrected chi connectivity index (χ1v) is 7.45. The SMILES string of the molecule is O=C(O)c1ccnc(-c2ccc(-c3nc4ccccc4[nH]3)cc2)c1. The van der Waals surface area contributed by atoms with Gasteiger partial charge in [0.25, 0.3) is 0 Å². The predicted octanol–water partition coefficient (Wildman–Crippen LogP) is 3.99. The van der Waals surface area contributed by atoms with Crippen molar-refractivity contribution in [2.45, 2.75) is 0 Å². The number of nitrogens with one attached hydrogen (secondary N) is 1. The summed E-state index contributed by atoms with van der Waals surface area (Å²) < 4.78 is 0. The van der Waals surface area contributed by atoms with Crippen LogP contribution >= 0.6 is 0 Å². The van der Waals surface area contributed by atoms with E-state index in [0.29, 0.717) is 5.69 Å². The molecule has 0 bridgehead atoms. The summed E-state index contributed by atoms with van der Waals surface area (Å²) in [4.78, 5) is 23.2. The quantitative estimate of drug-likeness (QED) is 0.599. The lowest BCUT2D eigenvalue weighted by atomic mass is 10.1. The van der Waals surface area contributed by atoms with Crippen molar-refractivity contribution in [2.24, 2.45) is 0 Å². The number of fused-ring (bicyclic) bond motifs is 1. The number of H-pyrrole nitrogens is 1. The van der Waals surface area contributed by atoms with Crippen LogP contribution in [0.1, 0.15) is 10.4 Å². The van der Waals surface area contributed by atoms with E-state index in [0.717, 1.165) is 28.0 Å². The molecule has 4 aromatic rings. The van der Waals surface area contributed by atoms with Gasteiger partial charge >= 0.3 is 5.97 Å². The number of carboxylic acid groups (broad SMARTS) is 1. The van der Waals surface area contributed by atoms with Crippen LogP contribution in [0.25, 0.3) is 33.7 Å². The fourth-order valence-electron chi connectivity index (χ4n) is 2.61. The first-order valence-electron chi connectivity index (χ1n) is 7.45. The van der Waals surface area contributed by atoms with Gasteiger partial charge in [0.1, 0.15) is 5.82 Å². The van der Waals surface area contributed by atoms with Crippen molar-refractivity contribution in [1.82, 2.24) is 15.0 Å². The third-order valence-electron chi connectivity index (χ3n) is 3.85. The highest BCUT2D eigenvalue weighted by Crippen LogP contribution is 2.24. The van der Waals surface area contributed by atoms with E-state index in [9.17, 15) is 4.79 Å². The van der Waals surface area contributed by atoms with Gasteiger partial charge < -0.3 is 10.1 Å². The molecule has 5 heteroatoms. The molecule has 0 aliphatic heterocycles. The molecule has 2 N–H and O–H groups in total. The lowest BCUT2D eigenvalue weighted by Crippen LogP contribution is -1.97. The van der Waals surface area contributed by atoms with Gasteiger partial charge in [-0.3, -0.25) is 4.98 Å². The summed E-state index contributed by atoms with van der Waals surface area (Å²) in [5.41, 5.74) is 4.59. The Balaban J connectivity index is 1.69. The topological polar surface area (TPSA) is 78.9 Å². The van der Waals surface area contributed by atoms with Gasteiger partial charge in [-0.05, 0) is 24.3 Å². The number of imidazole rings is 1. The largest absolute Gasteiger partial charge is 0.478 e. The van der Waals surface area contributed by atoms with E-state index in [-0.39, 0.29) is 5.56 Å². The maximum Gasteiger partial charge on any atom is 0.335 e. The van der Waals surface area contributed by atoms with Gasteiger partial charge in [-0.15, -0.1) is 0 Å². The first kappa shape index (κ1) is 14.1. The predicted molar refractivity (Wildman–Crippen MR) is 91.7 cm³/mol. The maximum absolute atomic E-state index is 11.1. The normalized spacial score (nSPS) is 10.8. The maximum atomic E-state index is 11.1. The third kappa shape index (κ3) is 2.52. The molecule has 116 valence electrons. The van der Waals surface area contributed by atoms with E-state index in [2.05, 4.69) is 15.0 Å². The average molecular weight is 315 g/mol. The lowest BCUT2D eigenvalue weighted by molar-refractivity contribution is 0.0697. The number of hydrogen-bond acceptors (Lipinski definition) is 3. The Morgan fingerprint density at radius 2 is 1.71 bits per heavy atom. The van der Waals surface area contributed by atoms with Crippen molar-refractivity contribution in [1.29, 1.82) is 0 Å². The molecule has 0 saturated carbocycles. The number of nitrogens with zero attached hydrogens (tertiary/aromatic N) is 2. The zero-order valence-electron chi connectivity index (χ0n) is 12.6. The summed E-state index contributed by atoms with van der Waals surface area (Å²) in [6.45, 7) is 0. The van der Waals surface area contributed by atoms with Crippen molar-refractivity contribution in [2.75, 3.05) is 0 Å². The Bertz CT molecular complexity index is 1000. The number of para-hydroxylation sites is 2. The van der Waals surface area contributed by atoms with Crippen molar-refractivity contribution in [3.05, 3.63) is 72.4 Å². The summed E-state index contributed by atoms with van der Waals surface area (Å²) >= 11 is 0.